The van der Waals surface area contributed by atoms with Crippen LogP contribution >= 0.6 is 0 Å². The zero-order valence-electron chi connectivity index (χ0n) is 13.2. The van der Waals surface area contributed by atoms with E-state index in [0.29, 0.717) is 30.3 Å². The lowest BCUT2D eigenvalue weighted by atomic mass is 10.1. The summed E-state index contributed by atoms with van der Waals surface area (Å²) in [5.74, 6) is 0.712. The number of hydrogen-bond acceptors (Lipinski definition) is 3. The number of rotatable bonds is 7. The molecule has 0 aliphatic heterocycles. The summed E-state index contributed by atoms with van der Waals surface area (Å²) in [5, 5.41) is 0. The fourth-order valence-electron chi connectivity index (χ4n) is 2.05. The second-order valence-electron chi connectivity index (χ2n) is 4.78. The number of carbonyl (C=O) groups is 1. The van der Waals surface area contributed by atoms with Crippen LogP contribution in [-0.2, 0) is 0 Å². The molecule has 0 bridgehead atoms. The Bertz CT molecular complexity index is 690. The highest BCUT2D eigenvalue weighted by molar-refractivity contribution is 6.07. The Morgan fingerprint density at radius 2 is 1.65 bits per heavy atom. The van der Waals surface area contributed by atoms with Gasteiger partial charge in [0.15, 0.2) is 17.3 Å². The van der Waals surface area contributed by atoms with Gasteiger partial charge in [-0.2, -0.15) is 0 Å². The van der Waals surface area contributed by atoms with Gasteiger partial charge in [-0.3, -0.25) is 4.79 Å². The molecule has 2 rings (SSSR count). The molecule has 0 radical (unpaired) electrons. The molecular formula is C19H19FO3. The van der Waals surface area contributed by atoms with Gasteiger partial charge in [0.2, 0.25) is 0 Å². The largest absolute Gasteiger partial charge is 0.490 e. The van der Waals surface area contributed by atoms with E-state index in [0.717, 1.165) is 5.56 Å². The molecule has 2 aromatic rings. The van der Waals surface area contributed by atoms with Crippen LogP contribution in [0.5, 0.6) is 11.5 Å². The zero-order chi connectivity index (χ0) is 16.7. The third kappa shape index (κ3) is 4.68. The number of allylic oxidation sites excluding steroid dienone is 1. The van der Waals surface area contributed by atoms with E-state index in [2.05, 4.69) is 0 Å². The first-order valence-corrected chi connectivity index (χ1v) is 7.51. The van der Waals surface area contributed by atoms with Crippen LogP contribution in [0.4, 0.5) is 4.39 Å². The number of carbonyl (C=O) groups excluding carboxylic acids is 1. The van der Waals surface area contributed by atoms with Gasteiger partial charge >= 0.3 is 0 Å². The van der Waals surface area contributed by atoms with Crippen LogP contribution in [0.2, 0.25) is 0 Å². The number of ketones is 1. The van der Waals surface area contributed by atoms with Gasteiger partial charge in [-0.15, -0.1) is 0 Å². The average molecular weight is 314 g/mol. The second kappa shape index (κ2) is 8.13. The van der Waals surface area contributed by atoms with Crippen LogP contribution in [0.1, 0.15) is 29.8 Å². The van der Waals surface area contributed by atoms with Gasteiger partial charge in [0.05, 0.1) is 13.2 Å². The van der Waals surface area contributed by atoms with Crippen LogP contribution in [0.3, 0.4) is 0 Å². The van der Waals surface area contributed by atoms with Crippen LogP contribution < -0.4 is 9.47 Å². The highest BCUT2D eigenvalue weighted by Crippen LogP contribution is 2.28. The molecule has 0 aliphatic rings. The molecule has 0 spiro atoms. The minimum atomic E-state index is -0.304. The summed E-state index contributed by atoms with van der Waals surface area (Å²) in [5.41, 5.74) is 1.27. The Hall–Kier alpha value is -2.62. The van der Waals surface area contributed by atoms with E-state index in [1.807, 2.05) is 13.8 Å². The van der Waals surface area contributed by atoms with Crippen LogP contribution in [-0.4, -0.2) is 19.0 Å². The maximum atomic E-state index is 12.9. The summed E-state index contributed by atoms with van der Waals surface area (Å²) in [7, 11) is 0. The molecular weight excluding hydrogens is 295 g/mol. The third-order valence-corrected chi connectivity index (χ3v) is 3.13. The molecule has 0 aliphatic carbocycles. The van der Waals surface area contributed by atoms with Crippen molar-refractivity contribution in [2.75, 3.05) is 13.2 Å². The van der Waals surface area contributed by atoms with Crippen LogP contribution in [0.25, 0.3) is 6.08 Å². The van der Waals surface area contributed by atoms with E-state index >= 15 is 0 Å². The van der Waals surface area contributed by atoms with Crippen LogP contribution in [0, 0.1) is 5.82 Å². The molecule has 0 atom stereocenters. The van der Waals surface area contributed by atoms with Gasteiger partial charge in [0, 0.05) is 5.56 Å². The van der Waals surface area contributed by atoms with E-state index in [1.54, 1.807) is 36.4 Å². The summed E-state index contributed by atoms with van der Waals surface area (Å²) in [6.45, 7) is 4.78. The minimum Gasteiger partial charge on any atom is -0.490 e. The van der Waals surface area contributed by atoms with Crippen molar-refractivity contribution >= 4 is 11.9 Å². The van der Waals surface area contributed by atoms with Crippen molar-refractivity contribution in [1.29, 1.82) is 0 Å². The number of hydrogen-bond donors (Lipinski definition) is 0. The van der Waals surface area contributed by atoms with E-state index in [1.165, 1.54) is 18.2 Å². The Kier molecular flexibility index (Phi) is 5.92. The van der Waals surface area contributed by atoms with Gasteiger partial charge in [0.1, 0.15) is 5.82 Å². The van der Waals surface area contributed by atoms with Crippen molar-refractivity contribution < 1.29 is 18.7 Å². The van der Waals surface area contributed by atoms with E-state index in [4.69, 9.17) is 9.47 Å². The molecule has 0 amide bonds. The molecule has 0 aromatic heterocycles. The van der Waals surface area contributed by atoms with Crippen LogP contribution in [0.15, 0.2) is 48.5 Å². The Balaban J connectivity index is 2.18. The third-order valence-electron chi connectivity index (χ3n) is 3.13. The number of ether oxygens (including phenoxy) is 2. The monoisotopic (exact) mass is 314 g/mol. The van der Waals surface area contributed by atoms with E-state index in [9.17, 15) is 9.18 Å². The lowest BCUT2D eigenvalue weighted by Gasteiger charge is -2.11. The van der Waals surface area contributed by atoms with Crippen molar-refractivity contribution in [3.05, 3.63) is 65.5 Å². The quantitative estimate of drug-likeness (QED) is 0.557. The van der Waals surface area contributed by atoms with Gasteiger partial charge in [-0.1, -0.05) is 18.2 Å². The fraction of sp³-hybridized carbons (Fsp3) is 0.211. The highest BCUT2D eigenvalue weighted by atomic mass is 19.1. The summed E-state index contributed by atoms with van der Waals surface area (Å²) in [6.07, 6.45) is 3.11. The first-order chi connectivity index (χ1) is 11.1. The average Bonchev–Trinajstić information content (AvgIpc) is 2.56. The molecule has 0 saturated heterocycles. The standard InChI is InChI=1S/C19H19FO3/c1-3-22-18-12-8-15(13-19(18)23-4-2)17(21)11-7-14-5-9-16(20)10-6-14/h5-13H,3-4H2,1-2H3/b11-7+. The fourth-order valence-corrected chi connectivity index (χ4v) is 2.05. The molecule has 2 aromatic carbocycles. The second-order valence-corrected chi connectivity index (χ2v) is 4.78. The molecule has 0 N–H and O–H groups in total. The topological polar surface area (TPSA) is 35.5 Å². The number of benzene rings is 2. The molecule has 23 heavy (non-hydrogen) atoms. The van der Waals surface area contributed by atoms with Crippen molar-refractivity contribution in [3.8, 4) is 11.5 Å². The molecule has 0 fully saturated rings. The first kappa shape index (κ1) is 16.7. The first-order valence-electron chi connectivity index (χ1n) is 7.51. The van der Waals surface area contributed by atoms with Crippen molar-refractivity contribution in [3.63, 3.8) is 0 Å². The van der Waals surface area contributed by atoms with Gasteiger partial charge in [-0.25, -0.2) is 4.39 Å². The molecule has 3 nitrogen and oxygen atoms in total. The van der Waals surface area contributed by atoms with Gasteiger partial charge in [0.25, 0.3) is 0 Å². The normalized spacial score (nSPS) is 10.7. The van der Waals surface area contributed by atoms with E-state index in [-0.39, 0.29) is 11.6 Å². The molecule has 0 saturated carbocycles. The van der Waals surface area contributed by atoms with E-state index < -0.39 is 0 Å². The smallest absolute Gasteiger partial charge is 0.185 e. The summed E-state index contributed by atoms with van der Waals surface area (Å²) >= 11 is 0. The highest BCUT2D eigenvalue weighted by Gasteiger charge is 2.09. The lowest BCUT2D eigenvalue weighted by molar-refractivity contribution is 0.104. The summed E-state index contributed by atoms with van der Waals surface area (Å²) in [6, 6.07) is 11.0. The summed E-state index contributed by atoms with van der Waals surface area (Å²) in [4.78, 5) is 12.3. The number of halogens is 1. The zero-order valence-corrected chi connectivity index (χ0v) is 13.2. The Morgan fingerprint density at radius 1 is 1.00 bits per heavy atom. The Labute approximate surface area is 135 Å². The van der Waals surface area contributed by atoms with Crippen molar-refractivity contribution in [2.24, 2.45) is 0 Å². The van der Waals surface area contributed by atoms with Crippen molar-refractivity contribution in [1.82, 2.24) is 0 Å². The van der Waals surface area contributed by atoms with Crippen molar-refractivity contribution in [2.45, 2.75) is 13.8 Å². The predicted octanol–water partition coefficient (Wildman–Crippen LogP) is 4.52. The molecule has 4 heteroatoms. The SMILES string of the molecule is CCOc1ccc(C(=O)/C=C/c2ccc(F)cc2)cc1OCC. The maximum Gasteiger partial charge on any atom is 0.185 e. The molecule has 0 heterocycles. The maximum absolute atomic E-state index is 12.9. The van der Waals surface area contributed by atoms with Gasteiger partial charge in [-0.05, 0) is 55.8 Å². The minimum absolute atomic E-state index is 0.154. The Morgan fingerprint density at radius 3 is 2.30 bits per heavy atom. The van der Waals surface area contributed by atoms with Gasteiger partial charge < -0.3 is 9.47 Å². The summed E-state index contributed by atoms with van der Waals surface area (Å²) < 4.78 is 23.8. The predicted molar refractivity (Wildman–Crippen MR) is 88.5 cm³/mol. The lowest BCUT2D eigenvalue weighted by Crippen LogP contribution is -2.01. The molecule has 120 valence electrons. The molecule has 0 unspecified atom stereocenters.